The number of hydrogen-bond acceptors (Lipinski definition) is 5. The summed E-state index contributed by atoms with van der Waals surface area (Å²) in [6.07, 6.45) is 1.35. The minimum atomic E-state index is -1.06. The quantitative estimate of drug-likeness (QED) is 0.406. The Bertz CT molecular complexity index is 1250. The first kappa shape index (κ1) is 20.6. The Morgan fingerprint density at radius 3 is 2.56 bits per heavy atom. The van der Waals surface area contributed by atoms with E-state index in [4.69, 9.17) is 9.52 Å². The molecule has 2 heterocycles. The molecule has 3 aromatic rings. The number of nitrogens with one attached hydrogen (secondary N) is 2. The number of rotatable bonds is 6. The van der Waals surface area contributed by atoms with Gasteiger partial charge in [0.15, 0.2) is 0 Å². The lowest BCUT2D eigenvalue weighted by molar-refractivity contribution is -0.127. The van der Waals surface area contributed by atoms with Gasteiger partial charge in [0.05, 0.1) is 5.56 Å². The normalized spacial score (nSPS) is 14.5. The fourth-order valence-corrected chi connectivity index (χ4v) is 3.11. The molecule has 2 aromatic carbocycles. The Balaban J connectivity index is 1.47. The van der Waals surface area contributed by atoms with E-state index in [-0.39, 0.29) is 17.0 Å². The SMILES string of the molecule is O=C(CN1C(=O)N/C(=C\c2ccc(-c3cccc(C(=O)O)c3)o2)C1=O)Nc1ccccc1. The third kappa shape index (κ3) is 4.41. The first-order chi connectivity index (χ1) is 15.4. The Morgan fingerprint density at radius 2 is 1.81 bits per heavy atom. The van der Waals surface area contributed by atoms with Gasteiger partial charge in [-0.2, -0.15) is 0 Å². The fourth-order valence-electron chi connectivity index (χ4n) is 3.11. The molecule has 4 rings (SSSR count). The van der Waals surface area contributed by atoms with Crippen molar-refractivity contribution in [3.05, 3.63) is 83.8 Å². The first-order valence-corrected chi connectivity index (χ1v) is 9.54. The van der Waals surface area contributed by atoms with Gasteiger partial charge in [0.1, 0.15) is 23.8 Å². The lowest BCUT2D eigenvalue weighted by Gasteiger charge is -2.11. The number of para-hydroxylation sites is 1. The van der Waals surface area contributed by atoms with E-state index in [2.05, 4.69) is 10.6 Å². The average Bonchev–Trinajstić information content (AvgIpc) is 3.35. The van der Waals surface area contributed by atoms with Gasteiger partial charge < -0.3 is 20.2 Å². The number of imide groups is 1. The number of urea groups is 1. The summed E-state index contributed by atoms with van der Waals surface area (Å²) in [6, 6.07) is 17.4. The van der Waals surface area contributed by atoms with Crippen LogP contribution in [0.15, 0.2) is 76.8 Å². The number of carboxylic acids is 1. The minimum Gasteiger partial charge on any atom is -0.478 e. The summed E-state index contributed by atoms with van der Waals surface area (Å²) in [5, 5.41) is 14.2. The molecule has 0 bridgehead atoms. The summed E-state index contributed by atoms with van der Waals surface area (Å²) in [4.78, 5) is 48.9. The van der Waals surface area contributed by atoms with Crippen LogP contribution in [-0.4, -0.2) is 40.4 Å². The van der Waals surface area contributed by atoms with Crippen molar-refractivity contribution in [2.45, 2.75) is 0 Å². The van der Waals surface area contributed by atoms with E-state index in [1.54, 1.807) is 54.6 Å². The van der Waals surface area contributed by atoms with Crippen LogP contribution in [0, 0.1) is 0 Å². The second-order valence-electron chi connectivity index (χ2n) is 6.88. The van der Waals surface area contributed by atoms with Crippen LogP contribution >= 0.6 is 0 Å². The summed E-state index contributed by atoms with van der Waals surface area (Å²) >= 11 is 0. The number of anilines is 1. The lowest BCUT2D eigenvalue weighted by atomic mass is 10.1. The third-order valence-corrected chi connectivity index (χ3v) is 4.63. The second kappa shape index (κ2) is 8.60. The van der Waals surface area contributed by atoms with E-state index in [0.29, 0.717) is 17.0 Å². The number of carboxylic acid groups (broad SMARTS) is 1. The monoisotopic (exact) mass is 431 g/mol. The van der Waals surface area contributed by atoms with Gasteiger partial charge in [0.25, 0.3) is 5.91 Å². The van der Waals surface area contributed by atoms with Gasteiger partial charge in [-0.05, 0) is 36.4 Å². The summed E-state index contributed by atoms with van der Waals surface area (Å²) in [7, 11) is 0. The van der Waals surface area contributed by atoms with Crippen LogP contribution in [0.4, 0.5) is 10.5 Å². The predicted molar refractivity (Wildman–Crippen MR) is 114 cm³/mol. The number of furan rings is 1. The molecule has 1 aliphatic rings. The molecule has 1 aliphatic heterocycles. The molecule has 4 amide bonds. The zero-order chi connectivity index (χ0) is 22.7. The highest BCUT2D eigenvalue weighted by Crippen LogP contribution is 2.25. The van der Waals surface area contributed by atoms with Crippen molar-refractivity contribution in [3.63, 3.8) is 0 Å². The third-order valence-electron chi connectivity index (χ3n) is 4.63. The standard InChI is InChI=1S/C23H17N3O6/c27-20(24-16-7-2-1-3-8-16)13-26-21(28)18(25-23(26)31)12-17-9-10-19(32-17)14-5-4-6-15(11-14)22(29)30/h1-12H,13H2,(H,24,27)(H,25,31)(H,29,30)/b18-12-. The van der Waals surface area contributed by atoms with Crippen LogP contribution < -0.4 is 10.6 Å². The van der Waals surface area contributed by atoms with Crippen molar-refractivity contribution in [3.8, 4) is 11.3 Å². The summed E-state index contributed by atoms with van der Waals surface area (Å²) < 4.78 is 5.67. The van der Waals surface area contributed by atoms with Crippen LogP contribution in [0.2, 0.25) is 0 Å². The Morgan fingerprint density at radius 1 is 1.03 bits per heavy atom. The zero-order valence-electron chi connectivity index (χ0n) is 16.6. The van der Waals surface area contributed by atoms with Gasteiger partial charge >= 0.3 is 12.0 Å². The van der Waals surface area contributed by atoms with Crippen molar-refractivity contribution >= 4 is 35.6 Å². The average molecular weight is 431 g/mol. The van der Waals surface area contributed by atoms with Crippen molar-refractivity contribution in [2.75, 3.05) is 11.9 Å². The Labute approximate surface area is 181 Å². The molecule has 1 saturated heterocycles. The molecule has 0 unspecified atom stereocenters. The van der Waals surface area contributed by atoms with E-state index in [1.807, 2.05) is 0 Å². The van der Waals surface area contributed by atoms with Crippen LogP contribution in [0.25, 0.3) is 17.4 Å². The van der Waals surface area contributed by atoms with Crippen molar-refractivity contribution in [1.82, 2.24) is 10.2 Å². The second-order valence-corrected chi connectivity index (χ2v) is 6.88. The van der Waals surface area contributed by atoms with Gasteiger partial charge in [0, 0.05) is 17.3 Å². The van der Waals surface area contributed by atoms with E-state index in [0.717, 1.165) is 4.90 Å². The fraction of sp³-hybridized carbons (Fsp3) is 0.0435. The van der Waals surface area contributed by atoms with Crippen molar-refractivity contribution in [1.29, 1.82) is 0 Å². The molecule has 9 nitrogen and oxygen atoms in total. The highest BCUT2D eigenvalue weighted by atomic mass is 16.4. The molecule has 0 aliphatic carbocycles. The summed E-state index contributed by atoms with van der Waals surface area (Å²) in [6.45, 7) is -0.442. The molecule has 1 aromatic heterocycles. The van der Waals surface area contributed by atoms with E-state index < -0.39 is 30.4 Å². The molecule has 3 N–H and O–H groups in total. The maximum absolute atomic E-state index is 12.6. The molecule has 0 atom stereocenters. The maximum Gasteiger partial charge on any atom is 0.335 e. The number of nitrogens with zero attached hydrogens (tertiary/aromatic N) is 1. The van der Waals surface area contributed by atoms with Gasteiger partial charge in [0.2, 0.25) is 5.91 Å². The number of benzene rings is 2. The summed E-state index contributed by atoms with van der Waals surface area (Å²) in [5.41, 5.74) is 1.18. The number of amides is 4. The van der Waals surface area contributed by atoms with Crippen LogP contribution in [0.5, 0.6) is 0 Å². The largest absolute Gasteiger partial charge is 0.478 e. The van der Waals surface area contributed by atoms with Crippen LogP contribution in [0.1, 0.15) is 16.1 Å². The number of carbonyl (C=O) groups excluding carboxylic acids is 3. The molecule has 9 heteroatoms. The van der Waals surface area contributed by atoms with Crippen molar-refractivity contribution in [2.24, 2.45) is 0 Å². The molecule has 0 saturated carbocycles. The highest BCUT2D eigenvalue weighted by molar-refractivity contribution is 6.15. The Hall–Kier alpha value is -4.66. The lowest BCUT2D eigenvalue weighted by Crippen LogP contribution is -2.38. The van der Waals surface area contributed by atoms with Crippen LogP contribution in [-0.2, 0) is 9.59 Å². The molecule has 32 heavy (non-hydrogen) atoms. The van der Waals surface area contributed by atoms with Gasteiger partial charge in [-0.1, -0.05) is 30.3 Å². The highest BCUT2D eigenvalue weighted by Gasteiger charge is 2.35. The molecule has 0 radical (unpaired) electrons. The van der Waals surface area contributed by atoms with E-state index in [1.165, 1.54) is 18.2 Å². The molecule has 160 valence electrons. The number of aromatic carboxylic acids is 1. The molecular formula is C23H17N3O6. The van der Waals surface area contributed by atoms with Gasteiger partial charge in [-0.25, -0.2) is 14.5 Å². The number of carbonyl (C=O) groups is 4. The van der Waals surface area contributed by atoms with E-state index >= 15 is 0 Å². The maximum atomic E-state index is 12.6. The molecule has 0 spiro atoms. The summed E-state index contributed by atoms with van der Waals surface area (Å²) in [5.74, 6) is -1.56. The van der Waals surface area contributed by atoms with Crippen LogP contribution in [0.3, 0.4) is 0 Å². The first-order valence-electron chi connectivity index (χ1n) is 9.54. The van der Waals surface area contributed by atoms with Gasteiger partial charge in [-0.3, -0.25) is 9.59 Å². The Kier molecular flexibility index (Phi) is 5.54. The zero-order valence-corrected chi connectivity index (χ0v) is 16.6. The molecular weight excluding hydrogens is 414 g/mol. The number of hydrogen-bond donors (Lipinski definition) is 3. The molecule has 1 fully saturated rings. The smallest absolute Gasteiger partial charge is 0.335 e. The minimum absolute atomic E-state index is 0.0392. The topological polar surface area (TPSA) is 129 Å². The predicted octanol–water partition coefficient (Wildman–Crippen LogP) is 3.18. The van der Waals surface area contributed by atoms with E-state index in [9.17, 15) is 19.2 Å². The van der Waals surface area contributed by atoms with Crippen molar-refractivity contribution < 1.29 is 28.7 Å². The van der Waals surface area contributed by atoms with Gasteiger partial charge in [-0.15, -0.1) is 0 Å².